The molecule has 0 aromatic heterocycles. The molecule has 32 heavy (non-hydrogen) atoms. The maximum absolute atomic E-state index is 11.7. The van der Waals surface area contributed by atoms with E-state index in [1.165, 1.54) is 5.56 Å². The lowest BCUT2D eigenvalue weighted by molar-refractivity contribution is -0.123. The fraction of sp³-hybridized carbons (Fsp3) is 0.440. The van der Waals surface area contributed by atoms with Gasteiger partial charge in [-0.05, 0) is 56.0 Å². The van der Waals surface area contributed by atoms with Crippen LogP contribution < -0.4 is 20.1 Å². The molecule has 1 saturated carbocycles. The molecule has 0 atom stereocenters. The fourth-order valence-electron chi connectivity index (χ4n) is 3.08. The minimum absolute atomic E-state index is 0.0554. The third-order valence-corrected chi connectivity index (χ3v) is 5.03. The number of carbonyl (C=O) groups is 1. The molecule has 0 aliphatic heterocycles. The molecule has 3 rings (SSSR count). The first kappa shape index (κ1) is 23.4. The molecule has 2 N–H and O–H groups in total. The van der Waals surface area contributed by atoms with Crippen LogP contribution in [0.15, 0.2) is 59.6 Å². The van der Waals surface area contributed by atoms with Crippen molar-refractivity contribution >= 4 is 11.9 Å². The van der Waals surface area contributed by atoms with E-state index in [1.54, 1.807) is 0 Å². The number of guanidine groups is 1. The zero-order valence-corrected chi connectivity index (χ0v) is 19.0. The van der Waals surface area contributed by atoms with Crippen LogP contribution in [-0.2, 0) is 11.2 Å². The third kappa shape index (κ3) is 8.49. The Morgan fingerprint density at radius 1 is 1.06 bits per heavy atom. The summed E-state index contributed by atoms with van der Waals surface area (Å²) in [5, 5.41) is 6.25. The van der Waals surface area contributed by atoms with Gasteiger partial charge in [0, 0.05) is 26.2 Å². The highest BCUT2D eigenvalue weighted by molar-refractivity contribution is 5.79. The van der Waals surface area contributed by atoms with Crippen LogP contribution in [0.25, 0.3) is 0 Å². The van der Waals surface area contributed by atoms with Crippen LogP contribution in [0.2, 0.25) is 0 Å². The highest BCUT2D eigenvalue weighted by Crippen LogP contribution is 2.18. The lowest BCUT2D eigenvalue weighted by Gasteiger charge is -2.22. The zero-order chi connectivity index (χ0) is 22.6. The SMILES string of the molecule is CCNC(=NCCc1ccc(OCC(=O)NC2CC2)cc1)N(C)CCOc1ccccc1. The highest BCUT2D eigenvalue weighted by atomic mass is 16.5. The van der Waals surface area contributed by atoms with Gasteiger partial charge in [-0.25, -0.2) is 0 Å². The smallest absolute Gasteiger partial charge is 0.258 e. The molecule has 7 heteroatoms. The maximum Gasteiger partial charge on any atom is 0.258 e. The molecule has 0 radical (unpaired) electrons. The Balaban J connectivity index is 1.40. The van der Waals surface area contributed by atoms with E-state index in [-0.39, 0.29) is 12.5 Å². The van der Waals surface area contributed by atoms with Gasteiger partial charge in [0.05, 0.1) is 6.54 Å². The molecule has 1 aliphatic carbocycles. The Labute approximate surface area is 190 Å². The molecule has 2 aromatic carbocycles. The van der Waals surface area contributed by atoms with Gasteiger partial charge in [-0.15, -0.1) is 0 Å². The fourth-order valence-corrected chi connectivity index (χ4v) is 3.08. The zero-order valence-electron chi connectivity index (χ0n) is 19.0. The van der Waals surface area contributed by atoms with Gasteiger partial charge in [-0.1, -0.05) is 30.3 Å². The van der Waals surface area contributed by atoms with Crippen LogP contribution in [0.1, 0.15) is 25.3 Å². The summed E-state index contributed by atoms with van der Waals surface area (Å²) in [6.45, 7) is 4.94. The van der Waals surface area contributed by atoms with Gasteiger partial charge >= 0.3 is 0 Å². The van der Waals surface area contributed by atoms with Gasteiger partial charge in [0.25, 0.3) is 5.91 Å². The van der Waals surface area contributed by atoms with Crippen molar-refractivity contribution in [1.29, 1.82) is 0 Å². The first-order valence-electron chi connectivity index (χ1n) is 11.3. The van der Waals surface area contributed by atoms with E-state index in [9.17, 15) is 4.79 Å². The number of amides is 1. The lowest BCUT2D eigenvalue weighted by Crippen LogP contribution is -2.41. The van der Waals surface area contributed by atoms with Gasteiger partial charge in [-0.3, -0.25) is 9.79 Å². The first-order valence-corrected chi connectivity index (χ1v) is 11.3. The van der Waals surface area contributed by atoms with Crippen LogP contribution in [-0.4, -0.2) is 62.7 Å². The molecule has 1 aliphatic rings. The minimum atomic E-state index is -0.0554. The summed E-state index contributed by atoms with van der Waals surface area (Å²) in [6.07, 6.45) is 2.98. The Kier molecular flexibility index (Phi) is 9.22. The van der Waals surface area contributed by atoms with Crippen molar-refractivity contribution in [2.45, 2.75) is 32.2 Å². The van der Waals surface area contributed by atoms with E-state index in [2.05, 4.69) is 22.5 Å². The number of benzene rings is 2. The van der Waals surface area contributed by atoms with Crippen LogP contribution in [0.4, 0.5) is 0 Å². The average Bonchev–Trinajstić information content (AvgIpc) is 3.62. The summed E-state index contributed by atoms with van der Waals surface area (Å²) in [5.41, 5.74) is 1.18. The van der Waals surface area contributed by atoms with E-state index in [4.69, 9.17) is 14.5 Å². The van der Waals surface area contributed by atoms with Gasteiger partial charge in [-0.2, -0.15) is 0 Å². The van der Waals surface area contributed by atoms with Crippen LogP contribution in [0, 0.1) is 0 Å². The molecule has 172 valence electrons. The maximum atomic E-state index is 11.7. The number of ether oxygens (including phenoxy) is 2. The van der Waals surface area contributed by atoms with Gasteiger partial charge in [0.2, 0.25) is 0 Å². The quantitative estimate of drug-likeness (QED) is 0.394. The summed E-state index contributed by atoms with van der Waals surface area (Å²) in [5.74, 6) is 2.39. The normalized spacial score (nSPS) is 13.4. The Morgan fingerprint density at radius 3 is 2.47 bits per heavy atom. The summed E-state index contributed by atoms with van der Waals surface area (Å²) in [4.78, 5) is 18.5. The van der Waals surface area contributed by atoms with E-state index in [0.29, 0.717) is 24.9 Å². The predicted molar refractivity (Wildman–Crippen MR) is 127 cm³/mol. The van der Waals surface area contributed by atoms with Crippen molar-refractivity contribution in [3.8, 4) is 11.5 Å². The lowest BCUT2D eigenvalue weighted by atomic mass is 10.1. The molecule has 0 bridgehead atoms. The highest BCUT2D eigenvalue weighted by Gasteiger charge is 2.23. The molecular weight excluding hydrogens is 404 g/mol. The largest absolute Gasteiger partial charge is 0.492 e. The van der Waals surface area contributed by atoms with Crippen molar-refractivity contribution in [3.63, 3.8) is 0 Å². The standard InChI is InChI=1S/C25H34N4O3/c1-3-26-25(29(2)17-18-31-22-7-5-4-6-8-22)27-16-15-20-9-13-23(14-10-20)32-19-24(30)28-21-11-12-21/h4-10,13-14,21H,3,11-12,15-19H2,1-2H3,(H,26,27)(H,28,30). The van der Waals surface area contributed by atoms with Gasteiger partial charge in [0.15, 0.2) is 12.6 Å². The van der Waals surface area contributed by atoms with Crippen molar-refractivity contribution in [2.75, 3.05) is 39.9 Å². The number of hydrogen-bond acceptors (Lipinski definition) is 4. The van der Waals surface area contributed by atoms with E-state index >= 15 is 0 Å². The number of para-hydroxylation sites is 1. The van der Waals surface area contributed by atoms with Gasteiger partial charge in [0.1, 0.15) is 18.1 Å². The van der Waals surface area contributed by atoms with E-state index in [1.807, 2.05) is 61.6 Å². The van der Waals surface area contributed by atoms with Crippen LogP contribution in [0.3, 0.4) is 0 Å². The average molecular weight is 439 g/mol. The second-order valence-corrected chi connectivity index (χ2v) is 7.84. The molecule has 0 unspecified atom stereocenters. The monoisotopic (exact) mass is 438 g/mol. The number of aliphatic imine (C=N–C) groups is 1. The van der Waals surface area contributed by atoms with Crippen molar-refractivity contribution in [2.24, 2.45) is 4.99 Å². The Bertz CT molecular complexity index is 851. The Hall–Kier alpha value is -3.22. The topological polar surface area (TPSA) is 75.2 Å². The number of nitrogens with zero attached hydrogens (tertiary/aromatic N) is 2. The molecule has 0 spiro atoms. The molecule has 0 saturated heterocycles. The Morgan fingerprint density at radius 2 is 1.78 bits per heavy atom. The number of likely N-dealkylation sites (N-methyl/N-ethyl adjacent to an activating group) is 1. The van der Waals surface area contributed by atoms with Crippen LogP contribution in [0.5, 0.6) is 11.5 Å². The molecule has 7 nitrogen and oxygen atoms in total. The van der Waals surface area contributed by atoms with E-state index < -0.39 is 0 Å². The molecular formula is C25H34N4O3. The first-order chi connectivity index (χ1) is 15.6. The summed E-state index contributed by atoms with van der Waals surface area (Å²) >= 11 is 0. The van der Waals surface area contributed by atoms with Crippen molar-refractivity contribution in [3.05, 3.63) is 60.2 Å². The third-order valence-electron chi connectivity index (χ3n) is 5.03. The second-order valence-electron chi connectivity index (χ2n) is 7.84. The van der Waals surface area contributed by atoms with Gasteiger partial charge < -0.3 is 25.0 Å². The molecule has 2 aromatic rings. The predicted octanol–water partition coefficient (Wildman–Crippen LogP) is 2.86. The molecule has 0 heterocycles. The second kappa shape index (κ2) is 12.6. The van der Waals surface area contributed by atoms with E-state index in [0.717, 1.165) is 44.1 Å². The minimum Gasteiger partial charge on any atom is -0.492 e. The number of rotatable bonds is 12. The molecule has 1 amide bonds. The van der Waals surface area contributed by atoms with Crippen molar-refractivity contribution < 1.29 is 14.3 Å². The van der Waals surface area contributed by atoms with Crippen molar-refractivity contribution in [1.82, 2.24) is 15.5 Å². The summed E-state index contributed by atoms with van der Waals surface area (Å²) in [7, 11) is 2.02. The number of carbonyl (C=O) groups excluding carboxylic acids is 1. The van der Waals surface area contributed by atoms with Crippen LogP contribution >= 0.6 is 0 Å². The number of hydrogen-bond donors (Lipinski definition) is 2. The molecule has 1 fully saturated rings. The number of nitrogens with one attached hydrogen (secondary N) is 2. The summed E-state index contributed by atoms with van der Waals surface area (Å²) in [6, 6.07) is 18.0. The summed E-state index contributed by atoms with van der Waals surface area (Å²) < 4.78 is 11.3.